The quantitative estimate of drug-likeness (QED) is 0.195. The zero-order chi connectivity index (χ0) is 24.4. The van der Waals surface area contributed by atoms with Crippen LogP contribution in [0.25, 0.3) is 0 Å². The number of ether oxygens (including phenoxy) is 4. The lowest BCUT2D eigenvalue weighted by Crippen LogP contribution is -2.39. The van der Waals surface area contributed by atoms with Gasteiger partial charge in [0.25, 0.3) is 0 Å². The average Bonchev–Trinajstić information content (AvgIpc) is 2.81. The molecule has 0 bridgehead atoms. The molecule has 0 aliphatic rings. The van der Waals surface area contributed by atoms with Gasteiger partial charge in [0.2, 0.25) is 0 Å². The number of hydrogen-bond donors (Lipinski definition) is 3. The number of aliphatic hydroxyl groups excluding tert-OH is 3. The third-order valence-corrected chi connectivity index (χ3v) is 3.43. The van der Waals surface area contributed by atoms with Crippen LogP contribution in [-0.2, 0) is 9.53 Å². The summed E-state index contributed by atoms with van der Waals surface area (Å²) in [6.07, 6.45) is 4.75. The Bertz CT molecular complexity index is 668. The van der Waals surface area contributed by atoms with E-state index in [1.807, 2.05) is 0 Å². The highest BCUT2D eigenvalue weighted by Crippen LogP contribution is 2.16. The molecule has 0 aliphatic heterocycles. The van der Waals surface area contributed by atoms with Crippen molar-refractivity contribution in [2.24, 2.45) is 5.41 Å². The highest BCUT2D eigenvalue weighted by atomic mass is 16.5. The van der Waals surface area contributed by atoms with Crippen LogP contribution in [0.2, 0.25) is 0 Å². The molecule has 0 unspecified atom stereocenters. The van der Waals surface area contributed by atoms with Gasteiger partial charge in [0, 0.05) is 5.57 Å². The largest absolute Gasteiger partial charge is 0.461 e. The number of carbonyl (C=O) groups excluding carboxylic acids is 1. The van der Waals surface area contributed by atoms with Gasteiger partial charge in [-0.2, -0.15) is 0 Å². The van der Waals surface area contributed by atoms with Crippen molar-refractivity contribution in [2.45, 2.75) is 6.92 Å². The van der Waals surface area contributed by atoms with Crippen LogP contribution in [0.5, 0.6) is 18.0 Å². The predicted octanol–water partition coefficient (Wildman–Crippen LogP) is 0.635. The molecule has 0 radical (unpaired) electrons. The van der Waals surface area contributed by atoms with Crippen LogP contribution in [-0.4, -0.2) is 82.5 Å². The molecule has 1 aromatic rings. The fraction of sp³-hybridized carbons (Fsp3) is 0.429. The number of nitrogens with zero attached hydrogens (tertiary/aromatic N) is 3. The summed E-state index contributed by atoms with van der Waals surface area (Å²) in [5, 5.41) is 26.7. The van der Waals surface area contributed by atoms with Gasteiger partial charge in [-0.1, -0.05) is 44.5 Å². The van der Waals surface area contributed by atoms with Crippen LogP contribution < -0.4 is 14.2 Å². The molecule has 11 heteroatoms. The second-order valence-electron chi connectivity index (χ2n) is 6.31. The van der Waals surface area contributed by atoms with Gasteiger partial charge in [-0.05, 0) is 6.92 Å². The topological polar surface area (TPSA) is 153 Å². The zero-order valence-corrected chi connectivity index (χ0v) is 18.2. The molecule has 0 aromatic carbocycles. The van der Waals surface area contributed by atoms with Crippen molar-refractivity contribution in [1.29, 1.82) is 0 Å². The van der Waals surface area contributed by atoms with Gasteiger partial charge in [-0.3, -0.25) is 0 Å². The summed E-state index contributed by atoms with van der Waals surface area (Å²) in [6, 6.07) is 0.342. The number of aliphatic hydroxyl groups is 3. The maximum Gasteiger partial charge on any atom is 0.333 e. The van der Waals surface area contributed by atoms with Crippen LogP contribution in [0.1, 0.15) is 6.92 Å². The Morgan fingerprint density at radius 3 is 1.44 bits per heavy atom. The molecule has 178 valence electrons. The van der Waals surface area contributed by atoms with Gasteiger partial charge in [0.1, 0.15) is 26.4 Å². The lowest BCUT2D eigenvalue weighted by Gasteiger charge is -2.26. The van der Waals surface area contributed by atoms with Crippen molar-refractivity contribution < 1.29 is 39.1 Å². The maximum atomic E-state index is 11.0. The van der Waals surface area contributed by atoms with E-state index < -0.39 is 31.2 Å². The average molecular weight is 453 g/mol. The highest BCUT2D eigenvalue weighted by Gasteiger charge is 2.30. The molecule has 0 aliphatic carbocycles. The van der Waals surface area contributed by atoms with Crippen molar-refractivity contribution in [1.82, 2.24) is 15.0 Å². The summed E-state index contributed by atoms with van der Waals surface area (Å²) in [6.45, 7) is 14.7. The Kier molecular flexibility index (Phi) is 14.7. The minimum Gasteiger partial charge on any atom is -0.461 e. The maximum absolute atomic E-state index is 11.0. The number of aromatic nitrogens is 3. The van der Waals surface area contributed by atoms with Gasteiger partial charge < -0.3 is 34.3 Å². The first kappa shape index (κ1) is 28.7. The van der Waals surface area contributed by atoms with E-state index in [1.54, 1.807) is 18.2 Å². The van der Waals surface area contributed by atoms with Gasteiger partial charge in [0.15, 0.2) is 0 Å². The van der Waals surface area contributed by atoms with Gasteiger partial charge in [-0.25, -0.2) is 4.79 Å². The standard InChI is InChI=1S/C12H15N3O3.C9H16O5/c1-4-7-16-10-13-11(17-8-5-2)15-12(14-10)18-9-6-3;1-7(2)8(13)14-6-9(3-10,4-11)5-12/h4-6H,1-3,7-9H2;10-12H,1,3-6H2,2H3. The number of carbonyl (C=O) groups is 1. The van der Waals surface area contributed by atoms with Crippen molar-refractivity contribution >= 4 is 5.97 Å². The predicted molar refractivity (Wildman–Crippen MR) is 116 cm³/mol. The third-order valence-electron chi connectivity index (χ3n) is 3.43. The second-order valence-corrected chi connectivity index (χ2v) is 6.31. The Morgan fingerprint density at radius 1 is 0.844 bits per heavy atom. The van der Waals surface area contributed by atoms with Gasteiger partial charge in [0.05, 0.1) is 25.2 Å². The van der Waals surface area contributed by atoms with Crippen LogP contribution in [0.3, 0.4) is 0 Å². The minimum atomic E-state index is -1.18. The van der Waals surface area contributed by atoms with E-state index in [0.29, 0.717) is 0 Å². The van der Waals surface area contributed by atoms with Crippen LogP contribution >= 0.6 is 0 Å². The lowest BCUT2D eigenvalue weighted by atomic mass is 9.93. The first-order chi connectivity index (χ1) is 15.3. The van der Waals surface area contributed by atoms with Crippen molar-refractivity contribution in [2.75, 3.05) is 46.2 Å². The normalized spacial score (nSPS) is 10.1. The Labute approximate surface area is 187 Å². The number of hydrogen-bond acceptors (Lipinski definition) is 11. The Hall–Kier alpha value is -3.28. The molecule has 1 heterocycles. The lowest BCUT2D eigenvalue weighted by molar-refractivity contribution is -0.146. The molecular formula is C21H31N3O8. The molecule has 0 saturated carbocycles. The number of rotatable bonds is 15. The molecular weight excluding hydrogens is 422 g/mol. The first-order valence-electron chi connectivity index (χ1n) is 9.43. The van der Waals surface area contributed by atoms with E-state index in [1.165, 1.54) is 6.92 Å². The molecule has 1 aromatic heterocycles. The van der Waals surface area contributed by atoms with E-state index in [2.05, 4.69) is 41.3 Å². The summed E-state index contributed by atoms with van der Waals surface area (Å²) in [4.78, 5) is 22.8. The smallest absolute Gasteiger partial charge is 0.333 e. The molecule has 11 nitrogen and oxygen atoms in total. The van der Waals surface area contributed by atoms with Crippen molar-refractivity contribution in [3.63, 3.8) is 0 Å². The van der Waals surface area contributed by atoms with E-state index >= 15 is 0 Å². The SMILES string of the molecule is C=C(C)C(=O)OCC(CO)(CO)CO.C=CCOc1nc(OCC=C)nc(OCC=C)n1. The molecule has 0 spiro atoms. The van der Waals surface area contributed by atoms with Crippen molar-refractivity contribution in [3.05, 3.63) is 50.1 Å². The summed E-state index contributed by atoms with van der Waals surface area (Å²) < 4.78 is 20.3. The Morgan fingerprint density at radius 2 is 1.19 bits per heavy atom. The molecule has 3 N–H and O–H groups in total. The third kappa shape index (κ3) is 11.2. The minimum absolute atomic E-state index is 0.114. The van der Waals surface area contributed by atoms with Crippen molar-refractivity contribution in [3.8, 4) is 18.0 Å². The van der Waals surface area contributed by atoms with Crippen LogP contribution in [0.4, 0.5) is 0 Å². The van der Waals surface area contributed by atoms with E-state index in [0.717, 1.165) is 0 Å². The van der Waals surface area contributed by atoms with Crippen LogP contribution in [0.15, 0.2) is 50.1 Å². The van der Waals surface area contributed by atoms with Gasteiger partial charge in [-0.15, -0.1) is 15.0 Å². The summed E-state index contributed by atoms with van der Waals surface area (Å²) in [7, 11) is 0. The molecule has 1 rings (SSSR count). The Balaban J connectivity index is 0.000000622. The fourth-order valence-corrected chi connectivity index (χ4v) is 1.54. The number of esters is 1. The summed E-state index contributed by atoms with van der Waals surface area (Å²) in [5.74, 6) is -0.607. The molecule has 0 amide bonds. The molecule has 0 saturated heterocycles. The van der Waals surface area contributed by atoms with Gasteiger partial charge >= 0.3 is 24.0 Å². The van der Waals surface area contributed by atoms with Crippen LogP contribution in [0, 0.1) is 5.41 Å². The van der Waals surface area contributed by atoms with E-state index in [4.69, 9.17) is 34.3 Å². The molecule has 32 heavy (non-hydrogen) atoms. The summed E-state index contributed by atoms with van der Waals surface area (Å²) in [5.41, 5.74) is -0.946. The fourth-order valence-electron chi connectivity index (χ4n) is 1.54. The molecule has 0 fully saturated rings. The first-order valence-corrected chi connectivity index (χ1v) is 9.43. The highest BCUT2D eigenvalue weighted by molar-refractivity contribution is 5.86. The summed E-state index contributed by atoms with van der Waals surface area (Å²) >= 11 is 0. The van der Waals surface area contributed by atoms with E-state index in [-0.39, 0.29) is 50.0 Å². The zero-order valence-electron chi connectivity index (χ0n) is 18.2. The second kappa shape index (κ2) is 16.4. The monoisotopic (exact) mass is 453 g/mol. The van der Waals surface area contributed by atoms with E-state index in [9.17, 15) is 4.79 Å². The molecule has 0 atom stereocenters.